The molecule has 1 amide bonds. The van der Waals surface area contributed by atoms with Gasteiger partial charge in [-0.25, -0.2) is 0 Å². The molecule has 1 saturated heterocycles. The van der Waals surface area contributed by atoms with Gasteiger partial charge in [-0.2, -0.15) is 0 Å². The molecule has 2 atom stereocenters. The molecule has 3 nitrogen and oxygen atoms in total. The highest BCUT2D eigenvalue weighted by atomic mass is 16.2. The lowest BCUT2D eigenvalue weighted by Crippen LogP contribution is -2.47. The molecule has 0 spiro atoms. The zero-order chi connectivity index (χ0) is 10.8. The largest absolute Gasteiger partial charge is 0.339 e. The number of amides is 1. The van der Waals surface area contributed by atoms with Crippen molar-refractivity contribution in [2.75, 3.05) is 13.1 Å². The van der Waals surface area contributed by atoms with Crippen LogP contribution in [0.3, 0.4) is 0 Å². The Kier molecular flexibility index (Phi) is 3.29. The average Bonchev–Trinajstić information content (AvgIpc) is 2.97. The van der Waals surface area contributed by atoms with Crippen molar-refractivity contribution < 1.29 is 4.79 Å². The van der Waals surface area contributed by atoms with Crippen LogP contribution in [0.5, 0.6) is 0 Å². The van der Waals surface area contributed by atoms with Gasteiger partial charge < -0.3 is 10.2 Å². The number of rotatable bonds is 3. The Balaban J connectivity index is 1.77. The monoisotopic (exact) mass is 210 g/mol. The van der Waals surface area contributed by atoms with Gasteiger partial charge in [-0.1, -0.05) is 6.92 Å². The molecule has 1 aliphatic carbocycles. The molecule has 0 radical (unpaired) electrons. The highest BCUT2D eigenvalue weighted by molar-refractivity contribution is 5.78. The highest BCUT2D eigenvalue weighted by Gasteiger charge is 2.28. The van der Waals surface area contributed by atoms with Crippen LogP contribution in [0.1, 0.15) is 39.5 Å². The van der Waals surface area contributed by atoms with E-state index in [0.717, 1.165) is 18.9 Å². The zero-order valence-corrected chi connectivity index (χ0v) is 9.83. The second kappa shape index (κ2) is 4.52. The van der Waals surface area contributed by atoms with Gasteiger partial charge in [0, 0.05) is 18.6 Å². The number of hydrogen-bond acceptors (Lipinski definition) is 2. The molecule has 0 aromatic heterocycles. The Morgan fingerprint density at radius 2 is 2.07 bits per heavy atom. The molecule has 1 saturated carbocycles. The summed E-state index contributed by atoms with van der Waals surface area (Å²) in [6.45, 7) is 5.95. The van der Waals surface area contributed by atoms with Crippen LogP contribution in [-0.4, -0.2) is 36.0 Å². The first-order chi connectivity index (χ1) is 7.16. The number of likely N-dealkylation sites (tertiary alicyclic amines) is 1. The molecule has 86 valence electrons. The molecule has 0 aromatic carbocycles. The van der Waals surface area contributed by atoms with Gasteiger partial charge in [0.05, 0.1) is 6.54 Å². The first-order valence-electron chi connectivity index (χ1n) is 6.19. The van der Waals surface area contributed by atoms with Crippen LogP contribution in [0.4, 0.5) is 0 Å². The number of piperidine rings is 1. The Hall–Kier alpha value is -0.570. The molecule has 2 aliphatic rings. The second-order valence-electron chi connectivity index (χ2n) is 5.22. The average molecular weight is 210 g/mol. The van der Waals surface area contributed by atoms with E-state index in [2.05, 4.69) is 24.1 Å². The van der Waals surface area contributed by atoms with E-state index in [9.17, 15) is 4.79 Å². The van der Waals surface area contributed by atoms with E-state index in [0.29, 0.717) is 24.5 Å². The summed E-state index contributed by atoms with van der Waals surface area (Å²) in [5.41, 5.74) is 0. The van der Waals surface area contributed by atoms with Crippen molar-refractivity contribution in [1.82, 2.24) is 10.2 Å². The van der Waals surface area contributed by atoms with E-state index in [4.69, 9.17) is 0 Å². The van der Waals surface area contributed by atoms with Crippen LogP contribution in [0.2, 0.25) is 0 Å². The predicted octanol–water partition coefficient (Wildman–Crippen LogP) is 1.39. The van der Waals surface area contributed by atoms with Crippen LogP contribution in [0.15, 0.2) is 0 Å². The van der Waals surface area contributed by atoms with Gasteiger partial charge in [0.2, 0.25) is 5.91 Å². The Bertz CT molecular complexity index is 238. The molecule has 0 aromatic rings. The third-order valence-electron chi connectivity index (χ3n) is 3.58. The van der Waals surface area contributed by atoms with Gasteiger partial charge in [-0.15, -0.1) is 0 Å². The molecule has 1 heterocycles. The molecule has 2 fully saturated rings. The first kappa shape index (κ1) is 10.9. The van der Waals surface area contributed by atoms with E-state index in [1.807, 2.05) is 0 Å². The summed E-state index contributed by atoms with van der Waals surface area (Å²) in [7, 11) is 0. The second-order valence-corrected chi connectivity index (χ2v) is 5.22. The standard InChI is InChI=1S/C12H22N2O/c1-9-5-6-14(10(2)7-9)12(15)8-13-11-3-4-11/h9-11,13H,3-8H2,1-2H3. The summed E-state index contributed by atoms with van der Waals surface area (Å²) < 4.78 is 0. The summed E-state index contributed by atoms with van der Waals surface area (Å²) in [5.74, 6) is 1.07. The summed E-state index contributed by atoms with van der Waals surface area (Å²) in [6.07, 6.45) is 4.83. The van der Waals surface area contributed by atoms with E-state index in [-0.39, 0.29) is 0 Å². The SMILES string of the molecule is CC1CCN(C(=O)CNC2CC2)C(C)C1. The maximum atomic E-state index is 11.9. The molecular formula is C12H22N2O. The summed E-state index contributed by atoms with van der Waals surface area (Å²) >= 11 is 0. The lowest BCUT2D eigenvalue weighted by atomic mass is 9.93. The van der Waals surface area contributed by atoms with Gasteiger partial charge >= 0.3 is 0 Å². The maximum Gasteiger partial charge on any atom is 0.236 e. The fourth-order valence-corrected chi connectivity index (χ4v) is 2.40. The number of nitrogens with zero attached hydrogens (tertiary/aromatic N) is 1. The zero-order valence-electron chi connectivity index (χ0n) is 9.83. The Morgan fingerprint density at radius 1 is 1.33 bits per heavy atom. The van der Waals surface area contributed by atoms with Gasteiger partial charge in [-0.05, 0) is 38.5 Å². The first-order valence-corrected chi connectivity index (χ1v) is 6.19. The van der Waals surface area contributed by atoms with Gasteiger partial charge in [0.25, 0.3) is 0 Å². The normalized spacial score (nSPS) is 31.7. The molecule has 1 N–H and O–H groups in total. The summed E-state index contributed by atoms with van der Waals surface area (Å²) in [4.78, 5) is 14.0. The van der Waals surface area contributed by atoms with Gasteiger partial charge in [0.15, 0.2) is 0 Å². The van der Waals surface area contributed by atoms with Crippen molar-refractivity contribution >= 4 is 5.91 Å². The fraction of sp³-hybridized carbons (Fsp3) is 0.917. The number of carbonyl (C=O) groups is 1. The maximum absolute atomic E-state index is 11.9. The van der Waals surface area contributed by atoms with Crippen LogP contribution in [-0.2, 0) is 4.79 Å². The lowest BCUT2D eigenvalue weighted by molar-refractivity contribution is -0.134. The van der Waals surface area contributed by atoms with E-state index < -0.39 is 0 Å². The third kappa shape index (κ3) is 2.94. The minimum absolute atomic E-state index is 0.293. The minimum Gasteiger partial charge on any atom is -0.339 e. The fourth-order valence-electron chi connectivity index (χ4n) is 2.40. The van der Waals surface area contributed by atoms with Crippen molar-refractivity contribution in [1.29, 1.82) is 0 Å². The van der Waals surface area contributed by atoms with E-state index >= 15 is 0 Å². The molecule has 0 bridgehead atoms. The van der Waals surface area contributed by atoms with Crippen molar-refractivity contribution in [3.05, 3.63) is 0 Å². The molecule has 2 rings (SSSR count). The van der Waals surface area contributed by atoms with E-state index in [1.165, 1.54) is 19.3 Å². The number of hydrogen-bond donors (Lipinski definition) is 1. The third-order valence-corrected chi connectivity index (χ3v) is 3.58. The van der Waals surface area contributed by atoms with Crippen LogP contribution in [0.25, 0.3) is 0 Å². The van der Waals surface area contributed by atoms with Crippen LogP contribution < -0.4 is 5.32 Å². The van der Waals surface area contributed by atoms with Crippen LogP contribution in [0, 0.1) is 5.92 Å². The lowest BCUT2D eigenvalue weighted by Gasteiger charge is -2.36. The Labute approximate surface area is 92.2 Å². The summed E-state index contributed by atoms with van der Waals surface area (Å²) in [6, 6.07) is 1.07. The predicted molar refractivity (Wildman–Crippen MR) is 60.6 cm³/mol. The van der Waals surface area contributed by atoms with Crippen molar-refractivity contribution in [3.8, 4) is 0 Å². The topological polar surface area (TPSA) is 32.3 Å². The highest BCUT2D eigenvalue weighted by Crippen LogP contribution is 2.22. The smallest absolute Gasteiger partial charge is 0.236 e. The Morgan fingerprint density at radius 3 is 2.67 bits per heavy atom. The number of nitrogens with one attached hydrogen (secondary N) is 1. The molecule has 1 aliphatic heterocycles. The molecule has 3 heteroatoms. The molecular weight excluding hydrogens is 188 g/mol. The number of carbonyl (C=O) groups excluding carboxylic acids is 1. The van der Waals surface area contributed by atoms with E-state index in [1.54, 1.807) is 0 Å². The molecule has 2 unspecified atom stereocenters. The summed E-state index contributed by atoms with van der Waals surface area (Å²) in [5, 5.41) is 3.29. The van der Waals surface area contributed by atoms with Gasteiger partial charge in [-0.3, -0.25) is 4.79 Å². The molecule has 15 heavy (non-hydrogen) atoms. The van der Waals surface area contributed by atoms with Gasteiger partial charge in [0.1, 0.15) is 0 Å². The van der Waals surface area contributed by atoms with Crippen molar-refractivity contribution in [2.45, 2.75) is 51.6 Å². The van der Waals surface area contributed by atoms with Crippen molar-refractivity contribution in [2.24, 2.45) is 5.92 Å². The van der Waals surface area contributed by atoms with Crippen molar-refractivity contribution in [3.63, 3.8) is 0 Å². The van der Waals surface area contributed by atoms with Crippen LogP contribution >= 0.6 is 0 Å². The quantitative estimate of drug-likeness (QED) is 0.763. The minimum atomic E-state index is 0.293.